The number of amides is 1. The average molecular weight is 186 g/mol. The van der Waals surface area contributed by atoms with E-state index in [9.17, 15) is 4.79 Å². The highest BCUT2D eigenvalue weighted by Crippen LogP contribution is 2.24. The molecule has 0 aliphatic carbocycles. The fourth-order valence-corrected chi connectivity index (χ4v) is 1.46. The molecule has 4 nitrogen and oxygen atoms in total. The Morgan fingerprint density at radius 2 is 2.31 bits per heavy atom. The molecule has 13 heavy (non-hydrogen) atoms. The molecule has 1 fully saturated rings. The summed E-state index contributed by atoms with van der Waals surface area (Å²) in [5, 5.41) is 2.84. The summed E-state index contributed by atoms with van der Waals surface area (Å²) in [5.41, 5.74) is 5.31. The highest BCUT2D eigenvalue weighted by atomic mass is 16.5. The first-order chi connectivity index (χ1) is 5.91. The predicted octanol–water partition coefficient (Wildman–Crippen LogP) is 0.0173. The van der Waals surface area contributed by atoms with Crippen LogP contribution >= 0.6 is 0 Å². The van der Waals surface area contributed by atoms with E-state index in [0.29, 0.717) is 6.61 Å². The van der Waals surface area contributed by atoms with Gasteiger partial charge in [-0.25, -0.2) is 0 Å². The molecule has 0 spiro atoms. The van der Waals surface area contributed by atoms with E-state index in [1.807, 2.05) is 13.8 Å². The number of nitrogens with one attached hydrogen (secondary N) is 1. The molecule has 1 aliphatic heterocycles. The molecule has 0 bridgehead atoms. The van der Waals surface area contributed by atoms with Crippen LogP contribution in [0.1, 0.15) is 27.2 Å². The van der Waals surface area contributed by atoms with Crippen molar-refractivity contribution in [2.24, 2.45) is 5.73 Å². The van der Waals surface area contributed by atoms with E-state index in [1.54, 1.807) is 6.92 Å². The third-order valence-corrected chi connectivity index (χ3v) is 2.17. The number of carbonyl (C=O) groups excluding carboxylic acids is 1. The molecule has 0 aromatic carbocycles. The van der Waals surface area contributed by atoms with Crippen LogP contribution in [0.2, 0.25) is 0 Å². The molecule has 0 saturated carbocycles. The monoisotopic (exact) mass is 186 g/mol. The minimum Gasteiger partial charge on any atom is -0.373 e. The number of rotatable bonds is 2. The third kappa shape index (κ3) is 2.97. The molecule has 2 atom stereocenters. The Morgan fingerprint density at radius 1 is 1.69 bits per heavy atom. The van der Waals surface area contributed by atoms with Gasteiger partial charge >= 0.3 is 0 Å². The Balaban J connectivity index is 2.37. The van der Waals surface area contributed by atoms with Crippen molar-refractivity contribution in [3.8, 4) is 0 Å². The Labute approximate surface area is 78.8 Å². The van der Waals surface area contributed by atoms with E-state index >= 15 is 0 Å². The van der Waals surface area contributed by atoms with Gasteiger partial charge in [0.05, 0.1) is 24.3 Å². The molecular formula is C9H18N2O2. The van der Waals surface area contributed by atoms with Crippen molar-refractivity contribution in [2.45, 2.75) is 44.9 Å². The van der Waals surface area contributed by atoms with Crippen molar-refractivity contribution < 1.29 is 9.53 Å². The zero-order chi connectivity index (χ0) is 10.1. The van der Waals surface area contributed by atoms with Gasteiger partial charge in [0.1, 0.15) is 0 Å². The SMILES string of the molecule is C[C@@H](N)C(=O)NC1COC(C)(C)C1. The van der Waals surface area contributed by atoms with Crippen LogP contribution in [-0.2, 0) is 9.53 Å². The molecule has 1 amide bonds. The lowest BCUT2D eigenvalue weighted by Crippen LogP contribution is -2.44. The molecule has 0 aromatic heterocycles. The van der Waals surface area contributed by atoms with Gasteiger partial charge in [-0.1, -0.05) is 0 Å². The molecule has 1 unspecified atom stereocenters. The van der Waals surface area contributed by atoms with Gasteiger partial charge in [-0.3, -0.25) is 4.79 Å². The largest absolute Gasteiger partial charge is 0.373 e. The van der Waals surface area contributed by atoms with Crippen LogP contribution in [0.4, 0.5) is 0 Å². The number of hydrogen-bond donors (Lipinski definition) is 2. The van der Waals surface area contributed by atoms with E-state index in [4.69, 9.17) is 10.5 Å². The van der Waals surface area contributed by atoms with Crippen molar-refractivity contribution in [2.75, 3.05) is 6.61 Å². The summed E-state index contributed by atoms with van der Waals surface area (Å²) in [6.07, 6.45) is 0.853. The summed E-state index contributed by atoms with van der Waals surface area (Å²) in [6.45, 7) is 6.30. The zero-order valence-corrected chi connectivity index (χ0v) is 8.46. The van der Waals surface area contributed by atoms with Gasteiger partial charge < -0.3 is 15.8 Å². The summed E-state index contributed by atoms with van der Waals surface area (Å²) in [7, 11) is 0. The quantitative estimate of drug-likeness (QED) is 0.639. The van der Waals surface area contributed by atoms with Crippen molar-refractivity contribution in [1.82, 2.24) is 5.32 Å². The van der Waals surface area contributed by atoms with E-state index < -0.39 is 6.04 Å². The number of carbonyl (C=O) groups is 1. The maximum Gasteiger partial charge on any atom is 0.236 e. The molecule has 1 heterocycles. The van der Waals surface area contributed by atoms with Crippen molar-refractivity contribution >= 4 is 5.91 Å². The van der Waals surface area contributed by atoms with Crippen LogP contribution in [0.3, 0.4) is 0 Å². The van der Waals surface area contributed by atoms with Gasteiger partial charge in [0.15, 0.2) is 0 Å². The molecule has 4 heteroatoms. The molecule has 0 aromatic rings. The van der Waals surface area contributed by atoms with Crippen LogP contribution in [-0.4, -0.2) is 30.2 Å². The van der Waals surface area contributed by atoms with Crippen LogP contribution in [0.15, 0.2) is 0 Å². The first-order valence-electron chi connectivity index (χ1n) is 4.61. The summed E-state index contributed by atoms with van der Waals surface area (Å²) in [4.78, 5) is 11.2. The lowest BCUT2D eigenvalue weighted by molar-refractivity contribution is -0.122. The van der Waals surface area contributed by atoms with Crippen molar-refractivity contribution in [1.29, 1.82) is 0 Å². The summed E-state index contributed by atoms with van der Waals surface area (Å²) < 4.78 is 5.48. The number of hydrogen-bond acceptors (Lipinski definition) is 3. The van der Waals surface area contributed by atoms with E-state index in [-0.39, 0.29) is 17.6 Å². The Kier molecular flexibility index (Phi) is 2.93. The summed E-state index contributed by atoms with van der Waals surface area (Å²) >= 11 is 0. The maximum absolute atomic E-state index is 11.2. The standard InChI is InChI=1S/C9H18N2O2/c1-6(10)8(12)11-7-4-9(2,3)13-5-7/h6-7H,4-5,10H2,1-3H3,(H,11,12)/t6-,7?/m1/s1. The van der Waals surface area contributed by atoms with Gasteiger partial charge in [-0.15, -0.1) is 0 Å². The van der Waals surface area contributed by atoms with Gasteiger partial charge in [0, 0.05) is 0 Å². The molecule has 1 saturated heterocycles. The first kappa shape index (κ1) is 10.5. The van der Waals surface area contributed by atoms with Crippen LogP contribution in [0, 0.1) is 0 Å². The fourth-order valence-electron chi connectivity index (χ4n) is 1.46. The second-order valence-electron chi connectivity index (χ2n) is 4.27. The number of ether oxygens (including phenoxy) is 1. The highest BCUT2D eigenvalue weighted by Gasteiger charge is 2.32. The zero-order valence-electron chi connectivity index (χ0n) is 8.46. The van der Waals surface area contributed by atoms with E-state index in [0.717, 1.165) is 6.42 Å². The smallest absolute Gasteiger partial charge is 0.236 e. The normalized spacial score (nSPS) is 28.5. The van der Waals surface area contributed by atoms with Gasteiger partial charge in [0.25, 0.3) is 0 Å². The van der Waals surface area contributed by atoms with Gasteiger partial charge in [0.2, 0.25) is 5.91 Å². The topological polar surface area (TPSA) is 64.4 Å². The van der Waals surface area contributed by atoms with Crippen molar-refractivity contribution in [3.05, 3.63) is 0 Å². The summed E-state index contributed by atoms with van der Waals surface area (Å²) in [5.74, 6) is -0.105. The predicted molar refractivity (Wildman–Crippen MR) is 50.2 cm³/mol. The second-order valence-corrected chi connectivity index (χ2v) is 4.27. The number of nitrogens with two attached hydrogens (primary N) is 1. The minimum absolute atomic E-state index is 0.105. The molecule has 3 N–H and O–H groups in total. The van der Waals surface area contributed by atoms with Crippen LogP contribution < -0.4 is 11.1 Å². The van der Waals surface area contributed by atoms with Crippen LogP contribution in [0.5, 0.6) is 0 Å². The fraction of sp³-hybridized carbons (Fsp3) is 0.889. The average Bonchev–Trinajstić information content (AvgIpc) is 2.30. The Bertz CT molecular complexity index is 202. The van der Waals surface area contributed by atoms with Crippen LogP contribution in [0.25, 0.3) is 0 Å². The van der Waals surface area contributed by atoms with E-state index in [2.05, 4.69) is 5.32 Å². The highest BCUT2D eigenvalue weighted by molar-refractivity contribution is 5.81. The minimum atomic E-state index is -0.441. The maximum atomic E-state index is 11.2. The molecule has 0 radical (unpaired) electrons. The van der Waals surface area contributed by atoms with E-state index in [1.165, 1.54) is 0 Å². The first-order valence-corrected chi connectivity index (χ1v) is 4.61. The Hall–Kier alpha value is -0.610. The third-order valence-electron chi connectivity index (χ3n) is 2.17. The van der Waals surface area contributed by atoms with Crippen molar-refractivity contribution in [3.63, 3.8) is 0 Å². The Morgan fingerprint density at radius 3 is 2.69 bits per heavy atom. The lowest BCUT2D eigenvalue weighted by atomic mass is 10.0. The molecular weight excluding hydrogens is 168 g/mol. The summed E-state index contributed by atoms with van der Waals surface area (Å²) in [6, 6.07) is -0.322. The van der Waals surface area contributed by atoms with Gasteiger partial charge in [-0.05, 0) is 27.2 Å². The molecule has 76 valence electrons. The lowest BCUT2D eigenvalue weighted by Gasteiger charge is -2.16. The van der Waals surface area contributed by atoms with Gasteiger partial charge in [-0.2, -0.15) is 0 Å². The second kappa shape index (κ2) is 3.64. The molecule has 1 rings (SSSR count). The molecule has 1 aliphatic rings.